The van der Waals surface area contributed by atoms with Crippen LogP contribution in [-0.4, -0.2) is 14.8 Å². The summed E-state index contributed by atoms with van der Waals surface area (Å²) in [4.78, 5) is 0. The molecule has 0 saturated heterocycles. The first kappa shape index (κ1) is 13.9. The standard InChI is InChI=1S/C14H20N4S/c1-14(2,3)11-7-5-10(6-8-11)9-19-13-17-16-12(15)18(13)4/h5-8H,9H2,1-4H3,(H2,15,16). The fourth-order valence-corrected chi connectivity index (χ4v) is 2.57. The summed E-state index contributed by atoms with van der Waals surface area (Å²) in [5, 5.41) is 8.73. The van der Waals surface area contributed by atoms with Gasteiger partial charge in [0.1, 0.15) is 0 Å². The molecule has 0 unspecified atom stereocenters. The molecule has 0 aliphatic rings. The molecule has 2 aromatic rings. The number of nitrogen functional groups attached to an aromatic ring is 1. The van der Waals surface area contributed by atoms with E-state index in [4.69, 9.17) is 5.73 Å². The van der Waals surface area contributed by atoms with Crippen LogP contribution in [0.3, 0.4) is 0 Å². The lowest BCUT2D eigenvalue weighted by Crippen LogP contribution is -2.10. The largest absolute Gasteiger partial charge is 0.368 e. The maximum Gasteiger partial charge on any atom is 0.222 e. The molecule has 2 N–H and O–H groups in total. The monoisotopic (exact) mass is 276 g/mol. The third-order valence-electron chi connectivity index (χ3n) is 3.06. The molecule has 0 spiro atoms. The summed E-state index contributed by atoms with van der Waals surface area (Å²) in [7, 11) is 1.88. The zero-order valence-corrected chi connectivity index (χ0v) is 12.7. The van der Waals surface area contributed by atoms with Gasteiger partial charge in [-0.1, -0.05) is 56.8 Å². The van der Waals surface area contributed by atoms with E-state index in [1.165, 1.54) is 11.1 Å². The van der Waals surface area contributed by atoms with Crippen LogP contribution in [0.25, 0.3) is 0 Å². The number of benzene rings is 1. The molecular weight excluding hydrogens is 256 g/mol. The van der Waals surface area contributed by atoms with Crippen LogP contribution < -0.4 is 5.73 Å². The van der Waals surface area contributed by atoms with Gasteiger partial charge in [0.05, 0.1) is 0 Å². The minimum atomic E-state index is 0.198. The molecule has 1 aromatic carbocycles. The lowest BCUT2D eigenvalue weighted by Gasteiger charge is -2.19. The van der Waals surface area contributed by atoms with Crippen molar-refractivity contribution in [2.24, 2.45) is 7.05 Å². The molecule has 102 valence electrons. The van der Waals surface area contributed by atoms with Crippen molar-refractivity contribution in [3.05, 3.63) is 35.4 Å². The Bertz CT molecular complexity index is 552. The number of nitrogens with two attached hydrogens (primary N) is 1. The molecule has 0 aliphatic heterocycles. The fraction of sp³-hybridized carbons (Fsp3) is 0.429. The number of nitrogens with zero attached hydrogens (tertiary/aromatic N) is 3. The number of hydrogen-bond donors (Lipinski definition) is 1. The summed E-state index contributed by atoms with van der Waals surface area (Å²) < 4.78 is 1.80. The van der Waals surface area contributed by atoms with E-state index in [1.54, 1.807) is 16.3 Å². The smallest absolute Gasteiger partial charge is 0.222 e. The Hall–Kier alpha value is -1.49. The van der Waals surface area contributed by atoms with E-state index >= 15 is 0 Å². The van der Waals surface area contributed by atoms with Crippen molar-refractivity contribution < 1.29 is 0 Å². The van der Waals surface area contributed by atoms with Crippen LogP contribution in [0.1, 0.15) is 31.9 Å². The molecule has 1 aromatic heterocycles. The first-order valence-corrected chi connectivity index (χ1v) is 7.23. The van der Waals surface area contributed by atoms with Gasteiger partial charge in [-0.3, -0.25) is 4.57 Å². The lowest BCUT2D eigenvalue weighted by molar-refractivity contribution is 0.590. The first-order chi connectivity index (χ1) is 8.88. The quantitative estimate of drug-likeness (QED) is 0.876. The molecule has 0 fully saturated rings. The van der Waals surface area contributed by atoms with Gasteiger partial charge in [-0.25, -0.2) is 0 Å². The molecule has 1 heterocycles. The summed E-state index contributed by atoms with van der Waals surface area (Å²) in [6, 6.07) is 8.74. The highest BCUT2D eigenvalue weighted by atomic mass is 32.2. The van der Waals surface area contributed by atoms with Crippen molar-refractivity contribution in [1.29, 1.82) is 0 Å². The Morgan fingerprint density at radius 3 is 2.26 bits per heavy atom. The van der Waals surface area contributed by atoms with Crippen LogP contribution in [0, 0.1) is 0 Å². The molecule has 2 rings (SSSR count). The van der Waals surface area contributed by atoms with Crippen molar-refractivity contribution in [2.45, 2.75) is 37.1 Å². The van der Waals surface area contributed by atoms with Crippen molar-refractivity contribution in [3.8, 4) is 0 Å². The predicted octanol–water partition coefficient (Wildman–Crippen LogP) is 2.99. The normalized spacial score (nSPS) is 11.8. The summed E-state index contributed by atoms with van der Waals surface area (Å²) in [5.74, 6) is 1.32. The molecule has 0 amide bonds. The topological polar surface area (TPSA) is 56.7 Å². The number of thioether (sulfide) groups is 1. The highest BCUT2D eigenvalue weighted by Gasteiger charge is 2.13. The average molecular weight is 276 g/mol. The van der Waals surface area contributed by atoms with Crippen LogP contribution in [0.15, 0.2) is 29.4 Å². The fourth-order valence-electron chi connectivity index (χ4n) is 1.70. The predicted molar refractivity (Wildman–Crippen MR) is 80.1 cm³/mol. The van der Waals surface area contributed by atoms with Gasteiger partial charge >= 0.3 is 0 Å². The van der Waals surface area contributed by atoms with Gasteiger partial charge in [-0.05, 0) is 16.5 Å². The van der Waals surface area contributed by atoms with Gasteiger partial charge in [-0.2, -0.15) is 0 Å². The minimum absolute atomic E-state index is 0.198. The number of hydrogen-bond acceptors (Lipinski definition) is 4. The minimum Gasteiger partial charge on any atom is -0.368 e. The van der Waals surface area contributed by atoms with Crippen molar-refractivity contribution in [2.75, 3.05) is 5.73 Å². The molecule has 5 heteroatoms. The number of aromatic nitrogens is 3. The van der Waals surface area contributed by atoms with Crippen molar-refractivity contribution in [1.82, 2.24) is 14.8 Å². The van der Waals surface area contributed by atoms with Gasteiger partial charge in [-0.15, -0.1) is 10.2 Å². The molecule has 0 radical (unpaired) electrons. The van der Waals surface area contributed by atoms with E-state index in [1.807, 2.05) is 7.05 Å². The zero-order chi connectivity index (χ0) is 14.0. The molecule has 0 aliphatic carbocycles. The Morgan fingerprint density at radius 1 is 1.16 bits per heavy atom. The van der Waals surface area contributed by atoms with Crippen LogP contribution in [0.5, 0.6) is 0 Å². The average Bonchev–Trinajstić information content (AvgIpc) is 2.67. The Kier molecular flexibility index (Phi) is 3.85. The summed E-state index contributed by atoms with van der Waals surface area (Å²) in [5.41, 5.74) is 8.48. The van der Waals surface area contributed by atoms with E-state index in [9.17, 15) is 0 Å². The van der Waals surface area contributed by atoms with Crippen LogP contribution >= 0.6 is 11.8 Å². The molecule has 0 saturated carbocycles. The van der Waals surface area contributed by atoms with Crippen molar-refractivity contribution >= 4 is 17.7 Å². The zero-order valence-electron chi connectivity index (χ0n) is 11.8. The number of rotatable bonds is 3. The van der Waals surface area contributed by atoms with E-state index in [0.29, 0.717) is 5.95 Å². The Balaban J connectivity index is 2.03. The van der Waals surface area contributed by atoms with Gasteiger partial charge < -0.3 is 5.73 Å². The summed E-state index contributed by atoms with van der Waals surface area (Å²) >= 11 is 1.64. The molecule has 0 bridgehead atoms. The maximum absolute atomic E-state index is 5.65. The summed E-state index contributed by atoms with van der Waals surface area (Å²) in [6.45, 7) is 6.66. The number of anilines is 1. The molecule has 19 heavy (non-hydrogen) atoms. The second-order valence-electron chi connectivity index (χ2n) is 5.64. The molecular formula is C14H20N4S. The van der Waals surface area contributed by atoms with E-state index in [2.05, 4.69) is 55.2 Å². The molecule has 4 nitrogen and oxygen atoms in total. The third-order valence-corrected chi connectivity index (χ3v) is 4.15. The second kappa shape index (κ2) is 5.25. The third kappa shape index (κ3) is 3.29. The van der Waals surface area contributed by atoms with Crippen LogP contribution in [-0.2, 0) is 18.2 Å². The van der Waals surface area contributed by atoms with Crippen LogP contribution in [0.2, 0.25) is 0 Å². The lowest BCUT2D eigenvalue weighted by atomic mass is 9.87. The van der Waals surface area contributed by atoms with Crippen LogP contribution in [0.4, 0.5) is 5.95 Å². The van der Waals surface area contributed by atoms with Gasteiger partial charge in [0, 0.05) is 12.8 Å². The highest BCUT2D eigenvalue weighted by Crippen LogP contribution is 2.25. The van der Waals surface area contributed by atoms with Gasteiger partial charge in [0.15, 0.2) is 5.16 Å². The second-order valence-corrected chi connectivity index (χ2v) is 6.58. The highest BCUT2D eigenvalue weighted by molar-refractivity contribution is 7.98. The first-order valence-electron chi connectivity index (χ1n) is 6.25. The van der Waals surface area contributed by atoms with E-state index in [0.717, 1.165) is 10.9 Å². The van der Waals surface area contributed by atoms with E-state index < -0.39 is 0 Å². The maximum atomic E-state index is 5.65. The van der Waals surface area contributed by atoms with Gasteiger partial charge in [0.2, 0.25) is 5.95 Å². The van der Waals surface area contributed by atoms with Crippen molar-refractivity contribution in [3.63, 3.8) is 0 Å². The SMILES string of the molecule is Cn1c(N)nnc1SCc1ccc(C(C)(C)C)cc1. The molecule has 0 atom stereocenters. The Labute approximate surface area is 118 Å². The Morgan fingerprint density at radius 2 is 1.79 bits per heavy atom. The van der Waals surface area contributed by atoms with E-state index in [-0.39, 0.29) is 5.41 Å². The van der Waals surface area contributed by atoms with Gasteiger partial charge in [0.25, 0.3) is 0 Å². The summed E-state index contributed by atoms with van der Waals surface area (Å²) in [6.07, 6.45) is 0.